The fourth-order valence-electron chi connectivity index (χ4n) is 7.83. The van der Waals surface area contributed by atoms with Crippen LogP contribution >= 0.6 is 0 Å². The molecule has 8 nitrogen and oxygen atoms in total. The van der Waals surface area contributed by atoms with Gasteiger partial charge >= 0.3 is 17.9 Å². The summed E-state index contributed by atoms with van der Waals surface area (Å²) in [6, 6.07) is 0. The number of ketones is 1. The number of aliphatic hydroxyl groups is 1. The smallest absolute Gasteiger partial charge is 0.309 e. The predicted molar refractivity (Wildman–Crippen MR) is 120 cm³/mol. The normalized spacial score (nSPS) is 40.9. The van der Waals surface area contributed by atoms with Gasteiger partial charge in [-0.15, -0.1) is 0 Å². The van der Waals surface area contributed by atoms with Gasteiger partial charge in [0.25, 0.3) is 0 Å². The van der Waals surface area contributed by atoms with Gasteiger partial charge in [-0.3, -0.25) is 19.2 Å². The molecule has 0 amide bonds. The molecule has 0 aromatic rings. The molecule has 4 aliphatic rings. The van der Waals surface area contributed by atoms with Gasteiger partial charge in [-0.1, -0.05) is 12.5 Å². The molecule has 0 spiro atoms. The number of carbonyl (C=O) groups excluding carboxylic acids is 4. The molecule has 3 fully saturated rings. The van der Waals surface area contributed by atoms with Crippen molar-refractivity contribution in [1.82, 2.24) is 0 Å². The van der Waals surface area contributed by atoms with Gasteiger partial charge in [-0.25, -0.2) is 0 Å². The summed E-state index contributed by atoms with van der Waals surface area (Å²) in [6.07, 6.45) is 4.30. The van der Waals surface area contributed by atoms with E-state index in [2.05, 4.69) is 0 Å². The molecule has 0 unspecified atom stereocenters. The maximum absolute atomic E-state index is 12.9. The minimum Gasteiger partial charge on any atom is -0.466 e. The average molecular weight is 477 g/mol. The van der Waals surface area contributed by atoms with Crippen molar-refractivity contribution in [1.29, 1.82) is 0 Å². The first kappa shape index (κ1) is 24.9. The lowest BCUT2D eigenvalue weighted by atomic mass is 9.44. The van der Waals surface area contributed by atoms with Crippen LogP contribution in [-0.2, 0) is 33.4 Å². The molecule has 0 aliphatic heterocycles. The van der Waals surface area contributed by atoms with E-state index in [1.807, 2.05) is 6.92 Å². The van der Waals surface area contributed by atoms with Gasteiger partial charge in [0.1, 0.15) is 12.7 Å². The standard InChI is InChI=1S/C26H36O8/c1-5-32-23(30)20-9-11-26(31)19-7-6-17-12-18(29)8-10-25(17,14-33-15(2)27)22(19)21(34-16(3)28)13-24(20,26)4/h12,19-22,31H,5-11,13-14H2,1-4H3/t19-,20+,21-,22+,24-,25-,26+/m1/s1. The first-order valence-electron chi connectivity index (χ1n) is 12.4. The summed E-state index contributed by atoms with van der Waals surface area (Å²) in [6.45, 7) is 6.73. The van der Waals surface area contributed by atoms with Crippen LogP contribution in [0.5, 0.6) is 0 Å². The summed E-state index contributed by atoms with van der Waals surface area (Å²) in [5, 5.41) is 12.3. The highest BCUT2D eigenvalue weighted by Crippen LogP contribution is 2.69. The summed E-state index contributed by atoms with van der Waals surface area (Å²) >= 11 is 0. The number of hydrogen-bond acceptors (Lipinski definition) is 8. The molecule has 0 saturated heterocycles. The quantitative estimate of drug-likeness (QED) is 0.476. The second kappa shape index (κ2) is 8.77. The Bertz CT molecular complexity index is 924. The molecule has 188 valence electrons. The van der Waals surface area contributed by atoms with E-state index in [0.29, 0.717) is 44.9 Å². The highest BCUT2D eigenvalue weighted by atomic mass is 16.5. The number of esters is 3. The zero-order valence-corrected chi connectivity index (χ0v) is 20.6. The third-order valence-corrected chi connectivity index (χ3v) is 9.22. The maximum atomic E-state index is 12.9. The lowest BCUT2D eigenvalue weighted by molar-refractivity contribution is -0.235. The van der Waals surface area contributed by atoms with Crippen LogP contribution in [0.25, 0.3) is 0 Å². The molecule has 0 bridgehead atoms. The molecule has 0 heterocycles. The third-order valence-electron chi connectivity index (χ3n) is 9.22. The van der Waals surface area contributed by atoms with E-state index >= 15 is 0 Å². The summed E-state index contributed by atoms with van der Waals surface area (Å²) in [4.78, 5) is 49.3. The van der Waals surface area contributed by atoms with Crippen LogP contribution in [0.3, 0.4) is 0 Å². The summed E-state index contributed by atoms with van der Waals surface area (Å²) in [5.41, 5.74) is -1.77. The fourth-order valence-corrected chi connectivity index (χ4v) is 7.83. The van der Waals surface area contributed by atoms with E-state index in [4.69, 9.17) is 14.2 Å². The maximum Gasteiger partial charge on any atom is 0.309 e. The van der Waals surface area contributed by atoms with Crippen molar-refractivity contribution < 1.29 is 38.5 Å². The van der Waals surface area contributed by atoms with Crippen LogP contribution in [-0.4, -0.2) is 53.7 Å². The SMILES string of the molecule is CCOC(=O)[C@@H]1CC[C@]2(O)[C@@H]3CCC4=CC(=O)CC[C@]4(COC(C)=O)[C@@H]3[C@H](OC(C)=O)C[C@]12C. The van der Waals surface area contributed by atoms with Gasteiger partial charge in [0.05, 0.1) is 18.1 Å². The van der Waals surface area contributed by atoms with E-state index in [-0.39, 0.29) is 36.8 Å². The van der Waals surface area contributed by atoms with Gasteiger partial charge in [0.2, 0.25) is 0 Å². The van der Waals surface area contributed by atoms with Crippen molar-refractivity contribution in [2.75, 3.05) is 13.2 Å². The second-order valence-corrected chi connectivity index (χ2v) is 10.8. The minimum atomic E-state index is -1.16. The minimum absolute atomic E-state index is 0.0403. The van der Waals surface area contributed by atoms with Crippen LogP contribution in [0.4, 0.5) is 0 Å². The molecule has 0 aromatic heterocycles. The van der Waals surface area contributed by atoms with Crippen molar-refractivity contribution in [2.24, 2.45) is 28.6 Å². The highest BCUT2D eigenvalue weighted by Gasteiger charge is 2.72. The summed E-state index contributed by atoms with van der Waals surface area (Å²) in [7, 11) is 0. The number of ether oxygens (including phenoxy) is 3. The van der Waals surface area contributed by atoms with Crippen molar-refractivity contribution >= 4 is 23.7 Å². The average Bonchev–Trinajstić information content (AvgIpc) is 3.03. The van der Waals surface area contributed by atoms with Crippen LogP contribution in [0, 0.1) is 28.6 Å². The van der Waals surface area contributed by atoms with Crippen LogP contribution in [0.2, 0.25) is 0 Å². The molecule has 4 rings (SSSR count). The van der Waals surface area contributed by atoms with E-state index < -0.39 is 40.4 Å². The second-order valence-electron chi connectivity index (χ2n) is 10.8. The summed E-state index contributed by atoms with van der Waals surface area (Å²) in [5.74, 6) is -2.24. The Labute approximate surface area is 200 Å². The van der Waals surface area contributed by atoms with Crippen molar-refractivity contribution in [3.05, 3.63) is 11.6 Å². The number of rotatable bonds is 5. The van der Waals surface area contributed by atoms with E-state index in [1.165, 1.54) is 13.8 Å². The Kier molecular flexibility index (Phi) is 6.42. The zero-order valence-electron chi connectivity index (χ0n) is 20.6. The third kappa shape index (κ3) is 3.69. The van der Waals surface area contributed by atoms with Crippen molar-refractivity contribution in [2.45, 2.75) is 84.3 Å². The van der Waals surface area contributed by atoms with E-state index in [9.17, 15) is 24.3 Å². The molecule has 0 aromatic carbocycles. The zero-order chi connectivity index (χ0) is 24.9. The Morgan fingerprint density at radius 2 is 1.82 bits per heavy atom. The van der Waals surface area contributed by atoms with Gasteiger partial charge < -0.3 is 19.3 Å². The molecular formula is C26H36O8. The fraction of sp³-hybridized carbons (Fsp3) is 0.769. The largest absolute Gasteiger partial charge is 0.466 e. The Morgan fingerprint density at radius 3 is 2.47 bits per heavy atom. The molecule has 7 atom stereocenters. The van der Waals surface area contributed by atoms with Gasteiger partial charge in [-0.2, -0.15) is 0 Å². The molecule has 3 saturated carbocycles. The van der Waals surface area contributed by atoms with Crippen LogP contribution < -0.4 is 0 Å². The Morgan fingerprint density at radius 1 is 1.09 bits per heavy atom. The summed E-state index contributed by atoms with van der Waals surface area (Å²) < 4.78 is 16.8. The van der Waals surface area contributed by atoms with E-state index in [0.717, 1.165) is 5.57 Å². The topological polar surface area (TPSA) is 116 Å². The molecule has 34 heavy (non-hydrogen) atoms. The first-order valence-corrected chi connectivity index (χ1v) is 12.4. The first-order chi connectivity index (χ1) is 16.0. The number of fused-ring (bicyclic) bond motifs is 5. The number of hydrogen-bond donors (Lipinski definition) is 1. The Hall–Kier alpha value is -2.22. The van der Waals surface area contributed by atoms with Crippen molar-refractivity contribution in [3.63, 3.8) is 0 Å². The van der Waals surface area contributed by atoms with Crippen LogP contribution in [0.1, 0.15) is 72.6 Å². The molecule has 8 heteroatoms. The lowest BCUT2D eigenvalue weighted by Crippen LogP contribution is -2.67. The molecule has 4 aliphatic carbocycles. The molecule has 1 N–H and O–H groups in total. The van der Waals surface area contributed by atoms with Gasteiger partial charge in [-0.05, 0) is 57.4 Å². The number of carbonyl (C=O) groups is 4. The lowest BCUT2D eigenvalue weighted by Gasteiger charge is -2.63. The predicted octanol–water partition coefficient (Wildman–Crippen LogP) is 2.90. The Balaban J connectivity index is 1.82. The van der Waals surface area contributed by atoms with Gasteiger partial charge in [0.15, 0.2) is 5.78 Å². The van der Waals surface area contributed by atoms with Crippen LogP contribution in [0.15, 0.2) is 11.6 Å². The van der Waals surface area contributed by atoms with Gasteiger partial charge in [0, 0.05) is 37.0 Å². The van der Waals surface area contributed by atoms with Crippen molar-refractivity contribution in [3.8, 4) is 0 Å². The monoisotopic (exact) mass is 476 g/mol. The highest BCUT2D eigenvalue weighted by molar-refractivity contribution is 5.91. The molecule has 0 radical (unpaired) electrons. The van der Waals surface area contributed by atoms with E-state index in [1.54, 1.807) is 13.0 Å². The molecular weight excluding hydrogens is 440 g/mol.